The third-order valence-corrected chi connectivity index (χ3v) is 5.50. The Labute approximate surface area is 159 Å². The first-order valence-electron chi connectivity index (χ1n) is 7.40. The van der Waals surface area contributed by atoms with Crippen LogP contribution in [0.3, 0.4) is 0 Å². The lowest BCUT2D eigenvalue weighted by Crippen LogP contribution is -2.06. The summed E-state index contributed by atoms with van der Waals surface area (Å²) in [6.45, 7) is 1.55. The van der Waals surface area contributed by atoms with E-state index in [9.17, 15) is 13.2 Å². The van der Waals surface area contributed by atoms with E-state index in [0.29, 0.717) is 15.0 Å². The lowest BCUT2D eigenvalue weighted by molar-refractivity contribution is 0.340. The second-order valence-corrected chi connectivity index (χ2v) is 7.53. The summed E-state index contributed by atoms with van der Waals surface area (Å²) in [5.41, 5.74) is 0.376. The van der Waals surface area contributed by atoms with Crippen LogP contribution in [0.5, 0.6) is 0 Å². The summed E-state index contributed by atoms with van der Waals surface area (Å²) >= 11 is 10.4. The van der Waals surface area contributed by atoms with Gasteiger partial charge in [-0.15, -0.1) is 16.4 Å². The van der Waals surface area contributed by atoms with Gasteiger partial charge in [0, 0.05) is 5.56 Å². The van der Waals surface area contributed by atoms with Crippen molar-refractivity contribution in [3.05, 3.63) is 43.4 Å². The third-order valence-electron chi connectivity index (χ3n) is 3.63. The molecule has 0 saturated carbocycles. The molecule has 1 N–H and O–H groups in total. The van der Waals surface area contributed by atoms with Crippen LogP contribution in [-0.2, 0) is 13.0 Å². The fraction of sp³-hybridized carbons (Fsp3) is 0.333. The average Bonchev–Trinajstić information content (AvgIpc) is 3.06. The van der Waals surface area contributed by atoms with E-state index in [1.54, 1.807) is 5.38 Å². The molecule has 4 nitrogen and oxygen atoms in total. The summed E-state index contributed by atoms with van der Waals surface area (Å²) in [5.74, 6) is -0.757. The van der Waals surface area contributed by atoms with Crippen molar-refractivity contribution in [3.8, 4) is 0 Å². The molecule has 25 heavy (non-hydrogen) atoms. The number of nitrogens with one attached hydrogen (secondary N) is 1. The number of anilines is 1. The van der Waals surface area contributed by atoms with Crippen LogP contribution in [0.1, 0.15) is 23.8 Å². The van der Waals surface area contributed by atoms with Crippen molar-refractivity contribution >= 4 is 50.2 Å². The Morgan fingerprint density at radius 3 is 2.84 bits per heavy atom. The number of halogens is 5. The molecule has 0 aliphatic heterocycles. The van der Waals surface area contributed by atoms with Crippen molar-refractivity contribution < 1.29 is 13.2 Å². The van der Waals surface area contributed by atoms with Gasteiger partial charge in [0.1, 0.15) is 15.9 Å². The van der Waals surface area contributed by atoms with Crippen LogP contribution in [0.4, 0.5) is 19.0 Å². The van der Waals surface area contributed by atoms with Crippen LogP contribution in [0.15, 0.2) is 16.0 Å². The standard InChI is InChI=1S/C15H13BrClF3N4S/c1-7(18)2-3-8-11(20)12-14(21-6-10-9(19)4-5-25-10)22-15(17)23-24(12)13(8)16/h4-5,7H,2-3,6H2,1H3,(H,21,22,23). The van der Waals surface area contributed by atoms with E-state index >= 15 is 0 Å². The smallest absolute Gasteiger partial charge is 0.243 e. The van der Waals surface area contributed by atoms with Crippen LogP contribution in [0, 0.1) is 11.6 Å². The highest BCUT2D eigenvalue weighted by molar-refractivity contribution is 9.10. The fourth-order valence-electron chi connectivity index (χ4n) is 2.40. The number of hydrogen-bond donors (Lipinski definition) is 1. The van der Waals surface area contributed by atoms with Gasteiger partial charge in [0.25, 0.3) is 0 Å². The van der Waals surface area contributed by atoms with Crippen molar-refractivity contribution in [3.63, 3.8) is 0 Å². The van der Waals surface area contributed by atoms with E-state index < -0.39 is 12.0 Å². The van der Waals surface area contributed by atoms with Gasteiger partial charge in [0.15, 0.2) is 11.6 Å². The lowest BCUT2D eigenvalue weighted by atomic mass is 10.1. The number of alkyl halides is 1. The number of nitrogens with zero attached hydrogens (tertiary/aromatic N) is 3. The predicted octanol–water partition coefficient (Wildman–Crippen LogP) is 5.39. The van der Waals surface area contributed by atoms with Gasteiger partial charge >= 0.3 is 0 Å². The van der Waals surface area contributed by atoms with Crippen LogP contribution >= 0.6 is 38.9 Å². The van der Waals surface area contributed by atoms with Crippen LogP contribution in [0.25, 0.3) is 5.52 Å². The SMILES string of the molecule is CC(F)CCc1c(F)c2c(NCc3sccc3F)nc(Cl)nn2c1Br. The second kappa shape index (κ2) is 7.51. The van der Waals surface area contributed by atoms with Crippen molar-refractivity contribution in [1.82, 2.24) is 14.6 Å². The predicted molar refractivity (Wildman–Crippen MR) is 96.1 cm³/mol. The summed E-state index contributed by atoms with van der Waals surface area (Å²) in [7, 11) is 0. The molecule has 1 atom stereocenters. The van der Waals surface area contributed by atoms with Crippen LogP contribution in [-0.4, -0.2) is 20.8 Å². The highest BCUT2D eigenvalue weighted by Crippen LogP contribution is 2.32. The normalized spacial score (nSPS) is 12.7. The maximum atomic E-state index is 14.9. The maximum absolute atomic E-state index is 14.9. The summed E-state index contributed by atoms with van der Waals surface area (Å²) < 4.78 is 43.2. The van der Waals surface area contributed by atoms with Gasteiger partial charge < -0.3 is 5.32 Å². The van der Waals surface area contributed by atoms with Gasteiger partial charge in [-0.1, -0.05) is 0 Å². The number of aromatic nitrogens is 3. The minimum absolute atomic E-state index is 0.0785. The first kappa shape index (κ1) is 18.5. The van der Waals surface area contributed by atoms with E-state index in [-0.39, 0.29) is 41.8 Å². The summed E-state index contributed by atoms with van der Waals surface area (Å²) in [4.78, 5) is 4.47. The zero-order valence-electron chi connectivity index (χ0n) is 13.0. The maximum Gasteiger partial charge on any atom is 0.243 e. The van der Waals surface area contributed by atoms with Crippen LogP contribution < -0.4 is 5.32 Å². The van der Waals surface area contributed by atoms with Crippen molar-refractivity contribution in [2.45, 2.75) is 32.5 Å². The molecule has 0 radical (unpaired) electrons. The molecule has 3 aromatic rings. The number of fused-ring (bicyclic) bond motifs is 1. The Morgan fingerprint density at radius 1 is 1.44 bits per heavy atom. The zero-order valence-corrected chi connectivity index (χ0v) is 16.2. The molecule has 0 spiro atoms. The summed E-state index contributed by atoms with van der Waals surface area (Å²) in [6.07, 6.45) is -0.677. The first-order valence-corrected chi connectivity index (χ1v) is 9.45. The average molecular weight is 454 g/mol. The zero-order chi connectivity index (χ0) is 18.1. The van der Waals surface area contributed by atoms with Gasteiger partial charge in [-0.25, -0.2) is 17.7 Å². The molecule has 3 aromatic heterocycles. The summed E-state index contributed by atoms with van der Waals surface area (Å²) in [5, 5.41) is 8.41. The number of rotatable bonds is 6. The van der Waals surface area contributed by atoms with E-state index in [0.717, 1.165) is 0 Å². The van der Waals surface area contributed by atoms with Gasteiger partial charge in [-0.2, -0.15) is 4.98 Å². The van der Waals surface area contributed by atoms with Gasteiger partial charge in [0.05, 0.1) is 17.6 Å². The highest BCUT2D eigenvalue weighted by atomic mass is 79.9. The molecule has 0 saturated heterocycles. The second-order valence-electron chi connectivity index (χ2n) is 5.44. The molecule has 1 unspecified atom stereocenters. The monoisotopic (exact) mass is 452 g/mol. The van der Waals surface area contributed by atoms with Gasteiger partial charge in [-0.05, 0) is 58.7 Å². The lowest BCUT2D eigenvalue weighted by Gasteiger charge is -2.07. The van der Waals surface area contributed by atoms with E-state index in [1.165, 1.54) is 28.8 Å². The minimum Gasteiger partial charge on any atom is -0.363 e. The highest BCUT2D eigenvalue weighted by Gasteiger charge is 2.22. The molecular weight excluding hydrogens is 441 g/mol. The van der Waals surface area contributed by atoms with Crippen molar-refractivity contribution in [1.29, 1.82) is 0 Å². The molecule has 0 amide bonds. The van der Waals surface area contributed by atoms with Gasteiger partial charge in [0.2, 0.25) is 5.28 Å². The Kier molecular flexibility index (Phi) is 5.55. The molecule has 0 aromatic carbocycles. The summed E-state index contributed by atoms with van der Waals surface area (Å²) in [6, 6.07) is 1.36. The first-order chi connectivity index (χ1) is 11.9. The largest absolute Gasteiger partial charge is 0.363 e. The number of thiophene rings is 1. The minimum atomic E-state index is -1.05. The van der Waals surface area contributed by atoms with E-state index in [4.69, 9.17) is 11.6 Å². The fourth-order valence-corrected chi connectivity index (χ4v) is 3.87. The molecule has 0 aliphatic carbocycles. The Morgan fingerprint density at radius 2 is 2.20 bits per heavy atom. The Bertz CT molecular complexity index is 912. The van der Waals surface area contributed by atoms with Gasteiger partial charge in [-0.3, -0.25) is 0 Å². The quantitative estimate of drug-likeness (QED) is 0.544. The molecular formula is C15H13BrClF3N4S. The molecule has 0 bridgehead atoms. The Balaban J connectivity index is 2.00. The van der Waals surface area contributed by atoms with Crippen molar-refractivity contribution in [2.24, 2.45) is 0 Å². The molecule has 3 rings (SSSR count). The van der Waals surface area contributed by atoms with Crippen LogP contribution in [0.2, 0.25) is 5.28 Å². The number of hydrogen-bond acceptors (Lipinski definition) is 4. The molecule has 0 fully saturated rings. The third kappa shape index (κ3) is 3.78. The molecule has 0 aliphatic rings. The van der Waals surface area contributed by atoms with Crippen molar-refractivity contribution in [2.75, 3.05) is 5.32 Å². The van der Waals surface area contributed by atoms with E-state index in [2.05, 4.69) is 31.3 Å². The van der Waals surface area contributed by atoms with E-state index in [1.807, 2.05) is 0 Å². The topological polar surface area (TPSA) is 42.2 Å². The molecule has 10 heteroatoms. The molecule has 134 valence electrons. The molecule has 3 heterocycles. The Hall–Kier alpha value is -1.32.